The second kappa shape index (κ2) is 6.29. The Morgan fingerprint density at radius 2 is 1.88 bits per heavy atom. The number of hydrogen-bond acceptors (Lipinski definition) is 5. The van der Waals surface area contributed by atoms with Gasteiger partial charge in [0.1, 0.15) is 11.4 Å². The molecule has 5 rings (SSSR count). The highest BCUT2D eigenvalue weighted by Crippen LogP contribution is 2.32. The standard InChI is InChI=1S/C20H19N5O/c1-2-4-17-15(3-1)13-18(26-17)20-23-9-12-25(20)16-5-10-24(11-6-16)19-14-21-7-8-22-19/h1-4,7-9,12-14,16H,5-6,10-11H2. The van der Waals surface area contributed by atoms with Crippen LogP contribution in [0.25, 0.3) is 22.6 Å². The van der Waals surface area contributed by atoms with Crippen LogP contribution in [0.3, 0.4) is 0 Å². The van der Waals surface area contributed by atoms with Gasteiger partial charge in [-0.2, -0.15) is 0 Å². The number of para-hydroxylation sites is 1. The molecule has 0 unspecified atom stereocenters. The molecule has 1 fully saturated rings. The minimum Gasteiger partial charge on any atom is -0.453 e. The van der Waals surface area contributed by atoms with Gasteiger partial charge in [-0.1, -0.05) is 18.2 Å². The predicted molar refractivity (Wildman–Crippen MR) is 100.0 cm³/mol. The summed E-state index contributed by atoms with van der Waals surface area (Å²) in [6, 6.07) is 10.6. The smallest absolute Gasteiger partial charge is 0.176 e. The lowest BCUT2D eigenvalue weighted by Gasteiger charge is -2.33. The molecule has 1 aliphatic heterocycles. The minimum absolute atomic E-state index is 0.411. The van der Waals surface area contributed by atoms with E-state index in [-0.39, 0.29) is 0 Å². The molecule has 1 aromatic carbocycles. The number of aromatic nitrogens is 4. The third-order valence-corrected chi connectivity index (χ3v) is 5.05. The second-order valence-corrected chi connectivity index (χ2v) is 6.59. The monoisotopic (exact) mass is 345 g/mol. The van der Waals surface area contributed by atoms with Gasteiger partial charge in [0.15, 0.2) is 11.6 Å². The molecular weight excluding hydrogens is 326 g/mol. The summed E-state index contributed by atoms with van der Waals surface area (Å²) < 4.78 is 8.28. The Balaban J connectivity index is 1.38. The molecule has 0 spiro atoms. The van der Waals surface area contributed by atoms with Crippen molar-refractivity contribution in [2.24, 2.45) is 0 Å². The van der Waals surface area contributed by atoms with Gasteiger partial charge in [0.25, 0.3) is 0 Å². The lowest BCUT2D eigenvalue weighted by atomic mass is 10.0. The van der Waals surface area contributed by atoms with Crippen molar-refractivity contribution in [3.05, 3.63) is 61.3 Å². The maximum atomic E-state index is 6.02. The number of piperidine rings is 1. The molecule has 26 heavy (non-hydrogen) atoms. The molecule has 4 aromatic rings. The van der Waals surface area contributed by atoms with E-state index in [9.17, 15) is 0 Å². The first kappa shape index (κ1) is 15.1. The van der Waals surface area contributed by atoms with Gasteiger partial charge in [-0.25, -0.2) is 9.97 Å². The van der Waals surface area contributed by atoms with Crippen molar-refractivity contribution in [1.82, 2.24) is 19.5 Å². The van der Waals surface area contributed by atoms with Crippen LogP contribution in [0.4, 0.5) is 5.82 Å². The summed E-state index contributed by atoms with van der Waals surface area (Å²) in [5, 5.41) is 1.11. The molecule has 0 atom stereocenters. The lowest BCUT2D eigenvalue weighted by molar-refractivity contribution is 0.395. The van der Waals surface area contributed by atoms with Crippen LogP contribution < -0.4 is 4.90 Å². The fourth-order valence-electron chi connectivity index (χ4n) is 3.72. The SMILES string of the molecule is c1ccc2oc(-c3nccn3C3CCN(c4cnccn4)CC3)cc2c1. The number of hydrogen-bond donors (Lipinski definition) is 0. The summed E-state index contributed by atoms with van der Waals surface area (Å²) in [6.45, 7) is 1.92. The molecule has 0 N–H and O–H groups in total. The predicted octanol–water partition coefficient (Wildman–Crippen LogP) is 3.93. The number of furan rings is 1. The summed E-state index contributed by atoms with van der Waals surface area (Å²) in [5.74, 6) is 2.68. The first-order chi connectivity index (χ1) is 12.9. The van der Waals surface area contributed by atoms with Gasteiger partial charge in [0.05, 0.1) is 6.20 Å². The fourth-order valence-corrected chi connectivity index (χ4v) is 3.72. The first-order valence-corrected chi connectivity index (χ1v) is 8.91. The molecule has 1 aliphatic rings. The molecule has 0 bridgehead atoms. The van der Waals surface area contributed by atoms with E-state index < -0.39 is 0 Å². The van der Waals surface area contributed by atoms with Crippen molar-refractivity contribution in [2.75, 3.05) is 18.0 Å². The Bertz CT molecular complexity index is 982. The fraction of sp³-hybridized carbons (Fsp3) is 0.250. The van der Waals surface area contributed by atoms with Gasteiger partial charge in [-0.05, 0) is 25.0 Å². The van der Waals surface area contributed by atoms with Crippen molar-refractivity contribution in [1.29, 1.82) is 0 Å². The largest absolute Gasteiger partial charge is 0.453 e. The Labute approximate surface area is 151 Å². The summed E-state index contributed by atoms with van der Waals surface area (Å²) >= 11 is 0. The van der Waals surface area contributed by atoms with Crippen LogP contribution in [-0.4, -0.2) is 32.6 Å². The molecule has 0 saturated carbocycles. The Kier molecular flexibility index (Phi) is 3.66. The summed E-state index contributed by atoms with van der Waals surface area (Å²) in [7, 11) is 0. The third-order valence-electron chi connectivity index (χ3n) is 5.05. The summed E-state index contributed by atoms with van der Waals surface area (Å²) in [6.07, 6.45) is 11.3. The van der Waals surface area contributed by atoms with Crippen LogP contribution in [0.15, 0.2) is 65.7 Å². The number of fused-ring (bicyclic) bond motifs is 1. The van der Waals surface area contributed by atoms with Crippen LogP contribution in [0.5, 0.6) is 0 Å². The van der Waals surface area contributed by atoms with Crippen molar-refractivity contribution < 1.29 is 4.42 Å². The number of anilines is 1. The minimum atomic E-state index is 0.411. The Hall–Kier alpha value is -3.15. The zero-order chi connectivity index (χ0) is 17.3. The summed E-state index contributed by atoms with van der Waals surface area (Å²) in [4.78, 5) is 15.4. The molecule has 6 heteroatoms. The van der Waals surface area contributed by atoms with Gasteiger partial charge in [-0.3, -0.25) is 4.98 Å². The van der Waals surface area contributed by atoms with Gasteiger partial charge in [0, 0.05) is 49.3 Å². The van der Waals surface area contributed by atoms with Crippen molar-refractivity contribution in [3.8, 4) is 11.6 Å². The second-order valence-electron chi connectivity index (χ2n) is 6.59. The van der Waals surface area contributed by atoms with E-state index in [1.807, 2.05) is 30.6 Å². The molecule has 0 radical (unpaired) electrons. The molecule has 6 nitrogen and oxygen atoms in total. The number of rotatable bonds is 3. The average molecular weight is 345 g/mol. The van der Waals surface area contributed by atoms with E-state index in [1.165, 1.54) is 0 Å². The highest BCUT2D eigenvalue weighted by atomic mass is 16.3. The normalized spacial score (nSPS) is 15.6. The lowest BCUT2D eigenvalue weighted by Crippen LogP contribution is -2.35. The molecule has 0 amide bonds. The van der Waals surface area contributed by atoms with Gasteiger partial charge >= 0.3 is 0 Å². The Morgan fingerprint density at radius 3 is 2.69 bits per heavy atom. The molecule has 4 heterocycles. The highest BCUT2D eigenvalue weighted by molar-refractivity contribution is 5.81. The maximum Gasteiger partial charge on any atom is 0.176 e. The van der Waals surface area contributed by atoms with Crippen LogP contribution in [-0.2, 0) is 0 Å². The van der Waals surface area contributed by atoms with Gasteiger partial charge in [0.2, 0.25) is 0 Å². The van der Waals surface area contributed by atoms with Crippen molar-refractivity contribution >= 4 is 16.8 Å². The Morgan fingerprint density at radius 1 is 1.00 bits per heavy atom. The van der Waals surface area contributed by atoms with E-state index in [2.05, 4.69) is 42.7 Å². The average Bonchev–Trinajstić information content (AvgIpc) is 3.35. The van der Waals surface area contributed by atoms with Crippen molar-refractivity contribution in [2.45, 2.75) is 18.9 Å². The zero-order valence-corrected chi connectivity index (χ0v) is 14.3. The quantitative estimate of drug-likeness (QED) is 0.563. The molecule has 3 aromatic heterocycles. The van der Waals surface area contributed by atoms with E-state index in [0.717, 1.165) is 54.3 Å². The topological polar surface area (TPSA) is 60.0 Å². The van der Waals surface area contributed by atoms with Crippen LogP contribution >= 0.6 is 0 Å². The van der Waals surface area contributed by atoms with E-state index >= 15 is 0 Å². The van der Waals surface area contributed by atoms with Crippen LogP contribution in [0.1, 0.15) is 18.9 Å². The third kappa shape index (κ3) is 2.63. The van der Waals surface area contributed by atoms with E-state index in [1.54, 1.807) is 12.4 Å². The highest BCUT2D eigenvalue weighted by Gasteiger charge is 2.24. The van der Waals surface area contributed by atoms with Crippen molar-refractivity contribution in [3.63, 3.8) is 0 Å². The maximum absolute atomic E-state index is 6.02. The van der Waals surface area contributed by atoms with Gasteiger partial charge in [-0.15, -0.1) is 0 Å². The number of imidazole rings is 1. The molecule has 1 saturated heterocycles. The summed E-state index contributed by atoms with van der Waals surface area (Å²) in [5.41, 5.74) is 0.898. The zero-order valence-electron chi connectivity index (χ0n) is 14.3. The van der Waals surface area contributed by atoms with Crippen LogP contribution in [0, 0.1) is 0 Å². The molecule has 130 valence electrons. The molecular formula is C20H19N5O. The van der Waals surface area contributed by atoms with E-state index in [0.29, 0.717) is 6.04 Å². The molecule has 0 aliphatic carbocycles. The van der Waals surface area contributed by atoms with E-state index in [4.69, 9.17) is 4.42 Å². The van der Waals surface area contributed by atoms with Crippen LogP contribution in [0.2, 0.25) is 0 Å². The van der Waals surface area contributed by atoms with Gasteiger partial charge < -0.3 is 13.9 Å². The number of nitrogens with zero attached hydrogens (tertiary/aromatic N) is 5. The number of benzene rings is 1. The first-order valence-electron chi connectivity index (χ1n) is 8.91.